The van der Waals surface area contributed by atoms with Crippen LogP contribution >= 0.6 is 22.7 Å². The van der Waals surface area contributed by atoms with Crippen molar-refractivity contribution in [3.05, 3.63) is 231 Å². The van der Waals surface area contributed by atoms with Gasteiger partial charge in [-0.25, -0.2) is 0 Å². The van der Waals surface area contributed by atoms with E-state index in [9.17, 15) is 0 Å². The molecular formula is C60H38N2S2. The van der Waals surface area contributed by atoms with E-state index in [-0.39, 0.29) is 0 Å². The van der Waals surface area contributed by atoms with Crippen LogP contribution in [0.3, 0.4) is 0 Å². The van der Waals surface area contributed by atoms with Crippen LogP contribution in [-0.2, 0) is 0 Å². The molecule has 10 aromatic carbocycles. The zero-order valence-corrected chi connectivity index (χ0v) is 36.3. The molecule has 0 fully saturated rings. The Morgan fingerprint density at radius 3 is 1.02 bits per heavy atom. The van der Waals surface area contributed by atoms with E-state index in [1.54, 1.807) is 0 Å². The van der Waals surface area contributed by atoms with Crippen molar-refractivity contribution in [3.8, 4) is 39.1 Å². The molecule has 0 saturated carbocycles. The topological polar surface area (TPSA) is 8.17 Å². The number of benzene rings is 10. The van der Waals surface area contributed by atoms with Gasteiger partial charge in [-0.3, -0.25) is 0 Å². The maximum atomic E-state index is 2.49. The molecule has 13 aromatic rings. The highest BCUT2D eigenvalue weighted by Crippen LogP contribution is 2.48. The van der Waals surface area contributed by atoms with E-state index in [0.717, 1.165) is 22.7 Å². The Kier molecular flexibility index (Phi) is 8.61. The third-order valence-electron chi connectivity index (χ3n) is 12.8. The fourth-order valence-corrected chi connectivity index (χ4v) is 12.0. The van der Waals surface area contributed by atoms with E-state index in [1.165, 1.54) is 95.5 Å². The summed E-state index contributed by atoms with van der Waals surface area (Å²) in [4.78, 5) is 2.35. The first-order valence-electron chi connectivity index (χ1n) is 21.7. The highest BCUT2D eigenvalue weighted by molar-refractivity contribution is 7.26. The molecule has 0 aliphatic heterocycles. The second-order valence-electron chi connectivity index (χ2n) is 16.5. The van der Waals surface area contributed by atoms with Crippen molar-refractivity contribution >= 4 is 102 Å². The normalized spacial score (nSPS) is 11.8. The van der Waals surface area contributed by atoms with Gasteiger partial charge in [-0.2, -0.15) is 0 Å². The first-order valence-corrected chi connectivity index (χ1v) is 23.4. The van der Waals surface area contributed by atoms with Crippen LogP contribution in [0.15, 0.2) is 231 Å². The summed E-state index contributed by atoms with van der Waals surface area (Å²) in [6.07, 6.45) is 0. The molecule has 0 unspecified atom stereocenters. The lowest BCUT2D eigenvalue weighted by Gasteiger charge is -2.26. The molecule has 64 heavy (non-hydrogen) atoms. The van der Waals surface area contributed by atoms with Gasteiger partial charge in [-0.05, 0) is 118 Å². The zero-order valence-electron chi connectivity index (χ0n) is 34.7. The van der Waals surface area contributed by atoms with Crippen molar-refractivity contribution in [2.45, 2.75) is 0 Å². The second kappa shape index (κ2) is 15.0. The Morgan fingerprint density at radius 1 is 0.266 bits per heavy atom. The number of thiophene rings is 2. The molecule has 300 valence electrons. The van der Waals surface area contributed by atoms with Crippen molar-refractivity contribution in [3.63, 3.8) is 0 Å². The van der Waals surface area contributed by atoms with E-state index >= 15 is 0 Å². The molecule has 2 nitrogen and oxygen atoms in total. The summed E-state index contributed by atoms with van der Waals surface area (Å²) >= 11 is 3.78. The largest absolute Gasteiger partial charge is 0.311 e. The van der Waals surface area contributed by atoms with Gasteiger partial charge in [0.25, 0.3) is 0 Å². The number of hydrogen-bond donors (Lipinski definition) is 0. The summed E-state index contributed by atoms with van der Waals surface area (Å²) < 4.78 is 7.80. The van der Waals surface area contributed by atoms with Crippen molar-refractivity contribution in [1.29, 1.82) is 0 Å². The lowest BCUT2D eigenvalue weighted by atomic mass is 10.0. The molecule has 0 radical (unpaired) electrons. The van der Waals surface area contributed by atoms with Gasteiger partial charge in [0.1, 0.15) is 0 Å². The van der Waals surface area contributed by atoms with Crippen LogP contribution in [0.2, 0.25) is 0 Å². The van der Waals surface area contributed by atoms with Crippen LogP contribution in [0.5, 0.6) is 0 Å². The SMILES string of the molecule is c1ccc(-c2ccc(N(c3ccc(-c4ccccc4)cc3)c3ccc(-c4ccc(-n5c6ccc7sc8ccccc8c7c6c6c7c(ccc65)sc5ccccc57)cc4)cc3)cc2)cc1. The van der Waals surface area contributed by atoms with Crippen molar-refractivity contribution in [2.75, 3.05) is 4.90 Å². The van der Waals surface area contributed by atoms with Gasteiger partial charge in [-0.1, -0.05) is 146 Å². The molecule has 0 atom stereocenters. The van der Waals surface area contributed by atoms with Crippen LogP contribution in [0, 0.1) is 0 Å². The summed E-state index contributed by atoms with van der Waals surface area (Å²) in [6.45, 7) is 0. The molecule has 0 aliphatic carbocycles. The highest BCUT2D eigenvalue weighted by atomic mass is 32.1. The van der Waals surface area contributed by atoms with E-state index in [0.29, 0.717) is 0 Å². The predicted octanol–water partition coefficient (Wildman–Crippen LogP) is 18.0. The van der Waals surface area contributed by atoms with Gasteiger partial charge in [0, 0.05) is 73.9 Å². The predicted molar refractivity (Wildman–Crippen MR) is 278 cm³/mol. The molecular weight excluding hydrogens is 813 g/mol. The van der Waals surface area contributed by atoms with E-state index < -0.39 is 0 Å². The zero-order chi connectivity index (χ0) is 42.1. The summed E-state index contributed by atoms with van der Waals surface area (Å²) in [7, 11) is 0. The van der Waals surface area contributed by atoms with Gasteiger partial charge in [0.2, 0.25) is 0 Å². The highest BCUT2D eigenvalue weighted by Gasteiger charge is 2.22. The smallest absolute Gasteiger partial charge is 0.0548 e. The Bertz CT molecular complexity index is 3630. The van der Waals surface area contributed by atoms with Crippen LogP contribution < -0.4 is 4.90 Å². The Hall–Kier alpha value is -7.76. The first-order chi connectivity index (χ1) is 31.7. The quantitative estimate of drug-likeness (QED) is 0.155. The molecule has 0 bridgehead atoms. The van der Waals surface area contributed by atoms with Gasteiger partial charge in [0.05, 0.1) is 11.0 Å². The molecule has 0 spiro atoms. The fraction of sp³-hybridized carbons (Fsp3) is 0. The Balaban J connectivity index is 0.901. The van der Waals surface area contributed by atoms with E-state index in [2.05, 4.69) is 240 Å². The molecule has 0 saturated heterocycles. The van der Waals surface area contributed by atoms with Gasteiger partial charge >= 0.3 is 0 Å². The molecule has 0 N–H and O–H groups in total. The van der Waals surface area contributed by atoms with Gasteiger partial charge in [0.15, 0.2) is 0 Å². The van der Waals surface area contributed by atoms with Crippen molar-refractivity contribution in [1.82, 2.24) is 4.57 Å². The van der Waals surface area contributed by atoms with Crippen LogP contribution in [0.25, 0.3) is 101 Å². The third-order valence-corrected chi connectivity index (χ3v) is 15.1. The second-order valence-corrected chi connectivity index (χ2v) is 18.6. The molecule has 0 aliphatic rings. The average Bonchev–Trinajstić information content (AvgIpc) is 4.05. The minimum absolute atomic E-state index is 1.10. The number of nitrogens with zero attached hydrogens (tertiary/aromatic N) is 2. The van der Waals surface area contributed by atoms with E-state index in [4.69, 9.17) is 0 Å². The Labute approximate surface area is 378 Å². The number of rotatable bonds is 7. The maximum absolute atomic E-state index is 2.49. The van der Waals surface area contributed by atoms with Crippen molar-refractivity contribution in [2.24, 2.45) is 0 Å². The summed E-state index contributed by atoms with van der Waals surface area (Å²) in [6, 6.07) is 84.2. The molecule has 0 amide bonds. The third kappa shape index (κ3) is 5.99. The molecule has 3 heterocycles. The minimum Gasteiger partial charge on any atom is -0.311 e. The molecule has 4 heteroatoms. The lowest BCUT2D eigenvalue weighted by molar-refractivity contribution is 1.18. The van der Waals surface area contributed by atoms with Crippen molar-refractivity contribution < 1.29 is 0 Å². The number of aromatic nitrogens is 1. The summed E-state index contributed by atoms with van der Waals surface area (Å²) in [5, 5.41) is 8.05. The number of anilines is 3. The van der Waals surface area contributed by atoms with Crippen LogP contribution in [-0.4, -0.2) is 4.57 Å². The fourth-order valence-electron chi connectivity index (χ4n) is 9.82. The monoisotopic (exact) mass is 850 g/mol. The minimum atomic E-state index is 1.10. The maximum Gasteiger partial charge on any atom is 0.0548 e. The molecule has 3 aromatic heterocycles. The van der Waals surface area contributed by atoms with E-state index in [1.807, 2.05) is 22.7 Å². The van der Waals surface area contributed by atoms with Crippen LogP contribution in [0.1, 0.15) is 0 Å². The Morgan fingerprint density at radius 2 is 0.609 bits per heavy atom. The number of hydrogen-bond acceptors (Lipinski definition) is 3. The summed E-state index contributed by atoms with van der Waals surface area (Å²) in [5.41, 5.74) is 14.1. The summed E-state index contributed by atoms with van der Waals surface area (Å²) in [5.74, 6) is 0. The van der Waals surface area contributed by atoms with Gasteiger partial charge < -0.3 is 9.47 Å². The van der Waals surface area contributed by atoms with Gasteiger partial charge in [-0.15, -0.1) is 22.7 Å². The lowest BCUT2D eigenvalue weighted by Crippen LogP contribution is -2.09. The van der Waals surface area contributed by atoms with Crippen LogP contribution in [0.4, 0.5) is 17.1 Å². The molecule has 13 rings (SSSR count). The standard InChI is InChI=1S/C60H38N2S2/c1-3-11-39(12-4-1)41-19-27-45(28-20-41)61(46-29-21-42(22-30-46)40-13-5-2-6-14-40)47-31-23-43(24-32-47)44-25-33-48(34-26-44)62-51-35-37-55-57(49-15-7-9-17-53(49)63-55)59(51)60-52(62)36-38-56-58(60)50-16-8-10-18-54(50)64-56/h1-38H. The number of fused-ring (bicyclic) bond motifs is 11. The first kappa shape index (κ1) is 36.9. The average molecular weight is 851 g/mol.